The molecule has 25 heavy (non-hydrogen) atoms. The lowest BCUT2D eigenvalue weighted by atomic mass is 10.00. The molecule has 1 aliphatic heterocycles. The van der Waals surface area contributed by atoms with E-state index >= 15 is 0 Å². The summed E-state index contributed by atoms with van der Waals surface area (Å²) in [4.78, 5) is 23.4. The van der Waals surface area contributed by atoms with Crippen LogP contribution >= 0.6 is 0 Å². The first-order valence-corrected chi connectivity index (χ1v) is 8.77. The Morgan fingerprint density at radius 2 is 1.92 bits per heavy atom. The molecule has 1 amide bonds. The fourth-order valence-electron chi connectivity index (χ4n) is 2.86. The average molecular weight is 340 g/mol. The Balaban J connectivity index is 1.67. The van der Waals surface area contributed by atoms with Crippen molar-refractivity contribution in [2.75, 3.05) is 29.9 Å². The van der Waals surface area contributed by atoms with E-state index in [1.165, 1.54) is 0 Å². The second-order valence-electron chi connectivity index (χ2n) is 6.32. The molecule has 6 heteroatoms. The van der Waals surface area contributed by atoms with Crippen molar-refractivity contribution in [3.63, 3.8) is 0 Å². The number of aromatic nitrogens is 2. The first-order chi connectivity index (χ1) is 12.2. The number of rotatable bonds is 5. The topological polar surface area (TPSA) is 67.3 Å². The van der Waals surface area contributed by atoms with E-state index in [1.807, 2.05) is 31.2 Å². The molecule has 0 atom stereocenters. The van der Waals surface area contributed by atoms with E-state index in [-0.39, 0.29) is 5.91 Å². The predicted octanol–water partition coefficient (Wildman–Crippen LogP) is 3.36. The molecule has 0 radical (unpaired) electrons. The molecule has 6 nitrogen and oxygen atoms in total. The van der Waals surface area contributed by atoms with Gasteiger partial charge < -0.3 is 15.0 Å². The second kappa shape index (κ2) is 7.96. The molecule has 132 valence electrons. The van der Waals surface area contributed by atoms with E-state index in [0.717, 1.165) is 31.8 Å². The van der Waals surface area contributed by atoms with Crippen LogP contribution in [0.5, 0.6) is 5.75 Å². The van der Waals surface area contributed by atoms with Crippen molar-refractivity contribution in [1.82, 2.24) is 9.97 Å². The maximum absolute atomic E-state index is 12.4. The Labute approximate surface area is 148 Å². The largest absolute Gasteiger partial charge is 0.492 e. The fraction of sp³-hybridized carbons (Fsp3) is 0.421. The normalized spacial score (nSPS) is 15.0. The lowest BCUT2D eigenvalue weighted by Gasteiger charge is -2.30. The average Bonchev–Trinajstić information content (AvgIpc) is 2.64. The second-order valence-corrected chi connectivity index (χ2v) is 6.32. The molecule has 1 aromatic heterocycles. The maximum atomic E-state index is 12.4. The molecule has 0 bridgehead atoms. The van der Waals surface area contributed by atoms with E-state index in [2.05, 4.69) is 27.1 Å². The highest BCUT2D eigenvalue weighted by Gasteiger charge is 2.18. The minimum absolute atomic E-state index is 0.244. The van der Waals surface area contributed by atoms with Crippen LogP contribution in [-0.4, -0.2) is 35.6 Å². The molecule has 1 aliphatic rings. The summed E-state index contributed by atoms with van der Waals surface area (Å²) >= 11 is 0. The molecule has 2 heterocycles. The van der Waals surface area contributed by atoms with Crippen LogP contribution in [0.4, 0.5) is 11.6 Å². The van der Waals surface area contributed by atoms with Crippen LogP contribution in [-0.2, 0) is 0 Å². The first kappa shape index (κ1) is 17.2. The molecule has 0 saturated carbocycles. The summed E-state index contributed by atoms with van der Waals surface area (Å²) in [5, 5.41) is 2.86. The molecular weight excluding hydrogens is 316 g/mol. The summed E-state index contributed by atoms with van der Waals surface area (Å²) in [6, 6.07) is 7.37. The maximum Gasteiger partial charge on any atom is 0.258 e. The van der Waals surface area contributed by atoms with Crippen LogP contribution in [0.25, 0.3) is 0 Å². The third-order valence-electron chi connectivity index (χ3n) is 4.40. The summed E-state index contributed by atoms with van der Waals surface area (Å²) in [6.07, 6.45) is 5.47. The van der Waals surface area contributed by atoms with Gasteiger partial charge >= 0.3 is 0 Å². The van der Waals surface area contributed by atoms with Gasteiger partial charge in [0.15, 0.2) is 0 Å². The van der Waals surface area contributed by atoms with Crippen LogP contribution < -0.4 is 15.0 Å². The first-order valence-electron chi connectivity index (χ1n) is 8.77. The third-order valence-corrected chi connectivity index (χ3v) is 4.40. The highest BCUT2D eigenvalue weighted by Crippen LogP contribution is 2.24. The van der Waals surface area contributed by atoms with Crippen molar-refractivity contribution in [3.8, 4) is 5.75 Å². The van der Waals surface area contributed by atoms with Crippen molar-refractivity contribution in [2.45, 2.75) is 26.7 Å². The van der Waals surface area contributed by atoms with E-state index in [9.17, 15) is 4.79 Å². The Hall–Kier alpha value is -2.63. The van der Waals surface area contributed by atoms with Crippen molar-refractivity contribution in [3.05, 3.63) is 42.2 Å². The zero-order valence-corrected chi connectivity index (χ0v) is 14.7. The van der Waals surface area contributed by atoms with Crippen LogP contribution in [0.3, 0.4) is 0 Å². The number of amides is 1. The Bertz CT molecular complexity index is 710. The van der Waals surface area contributed by atoms with Gasteiger partial charge in [-0.25, -0.2) is 9.97 Å². The van der Waals surface area contributed by atoms with E-state index in [4.69, 9.17) is 4.74 Å². The van der Waals surface area contributed by atoms with Crippen LogP contribution in [0.15, 0.2) is 36.7 Å². The molecule has 0 spiro atoms. The zero-order chi connectivity index (χ0) is 17.6. The number of nitrogens with one attached hydrogen (secondary N) is 1. The summed E-state index contributed by atoms with van der Waals surface area (Å²) in [6.45, 7) is 6.65. The molecule has 2 aromatic rings. The van der Waals surface area contributed by atoms with Gasteiger partial charge in [-0.2, -0.15) is 0 Å². The van der Waals surface area contributed by atoms with E-state index < -0.39 is 0 Å². The van der Waals surface area contributed by atoms with Gasteiger partial charge in [0.2, 0.25) is 5.95 Å². The van der Waals surface area contributed by atoms with Gasteiger partial charge in [-0.1, -0.05) is 19.1 Å². The van der Waals surface area contributed by atoms with E-state index in [0.29, 0.717) is 29.6 Å². The van der Waals surface area contributed by atoms with Crippen LogP contribution in [0.1, 0.15) is 37.0 Å². The summed E-state index contributed by atoms with van der Waals surface area (Å²) in [7, 11) is 0. The smallest absolute Gasteiger partial charge is 0.258 e. The monoisotopic (exact) mass is 340 g/mol. The van der Waals surface area contributed by atoms with Gasteiger partial charge in [0.05, 0.1) is 17.9 Å². The van der Waals surface area contributed by atoms with Crippen molar-refractivity contribution < 1.29 is 9.53 Å². The highest BCUT2D eigenvalue weighted by atomic mass is 16.5. The molecule has 0 aliphatic carbocycles. The lowest BCUT2D eigenvalue weighted by Crippen LogP contribution is -2.34. The fourth-order valence-corrected chi connectivity index (χ4v) is 2.86. The number of piperidine rings is 1. The van der Waals surface area contributed by atoms with E-state index in [1.54, 1.807) is 12.4 Å². The van der Waals surface area contributed by atoms with Crippen LogP contribution in [0.2, 0.25) is 0 Å². The predicted molar refractivity (Wildman–Crippen MR) is 98.2 cm³/mol. The van der Waals surface area contributed by atoms with Crippen molar-refractivity contribution in [2.24, 2.45) is 5.92 Å². The molecule has 3 rings (SSSR count). The highest BCUT2D eigenvalue weighted by molar-refractivity contribution is 6.04. The number of hydrogen-bond donors (Lipinski definition) is 1. The van der Waals surface area contributed by atoms with Gasteiger partial charge in [0.25, 0.3) is 5.91 Å². The lowest BCUT2D eigenvalue weighted by molar-refractivity contribution is 0.102. The SMILES string of the molecule is CCOc1ccccc1NC(=O)c1cnc(N2CCC(C)CC2)nc1. The Morgan fingerprint density at radius 3 is 2.60 bits per heavy atom. The molecule has 1 N–H and O–H groups in total. The number of anilines is 2. The van der Waals surface area contributed by atoms with Crippen LogP contribution in [0, 0.1) is 5.92 Å². The molecule has 1 saturated heterocycles. The van der Waals surface area contributed by atoms with Crippen molar-refractivity contribution in [1.29, 1.82) is 0 Å². The van der Waals surface area contributed by atoms with Gasteiger partial charge in [-0.15, -0.1) is 0 Å². The minimum Gasteiger partial charge on any atom is -0.492 e. The molecule has 0 unspecified atom stereocenters. The van der Waals surface area contributed by atoms with Gasteiger partial charge in [0.1, 0.15) is 5.75 Å². The van der Waals surface area contributed by atoms with Gasteiger partial charge in [0, 0.05) is 25.5 Å². The van der Waals surface area contributed by atoms with Crippen molar-refractivity contribution >= 4 is 17.5 Å². The molecular formula is C19H24N4O2. The number of para-hydroxylation sites is 2. The Kier molecular flexibility index (Phi) is 5.48. The van der Waals surface area contributed by atoms with Gasteiger partial charge in [-0.05, 0) is 37.8 Å². The Morgan fingerprint density at radius 1 is 1.24 bits per heavy atom. The quantitative estimate of drug-likeness (QED) is 0.904. The van der Waals surface area contributed by atoms with Gasteiger partial charge in [-0.3, -0.25) is 4.79 Å². The number of ether oxygens (including phenoxy) is 1. The molecule has 1 fully saturated rings. The standard InChI is InChI=1S/C19H24N4O2/c1-3-25-17-7-5-4-6-16(17)22-18(24)15-12-20-19(21-13-15)23-10-8-14(2)9-11-23/h4-7,12-14H,3,8-11H2,1-2H3,(H,22,24). The minimum atomic E-state index is -0.244. The summed E-state index contributed by atoms with van der Waals surface area (Å²) < 4.78 is 5.53. The summed E-state index contributed by atoms with van der Waals surface area (Å²) in [5.74, 6) is 1.86. The number of benzene rings is 1. The number of nitrogens with zero attached hydrogens (tertiary/aromatic N) is 3. The summed E-state index contributed by atoms with van der Waals surface area (Å²) in [5.41, 5.74) is 1.07. The number of hydrogen-bond acceptors (Lipinski definition) is 5. The number of carbonyl (C=O) groups is 1. The zero-order valence-electron chi connectivity index (χ0n) is 14.7. The number of carbonyl (C=O) groups excluding carboxylic acids is 1. The third kappa shape index (κ3) is 4.26. The molecule has 1 aromatic carbocycles.